The Morgan fingerprint density at radius 1 is 0.694 bits per heavy atom. The molecule has 0 saturated heterocycles. The first-order chi connectivity index (χ1) is 30.1. The minimum absolute atomic E-state index is 0.173. The summed E-state index contributed by atoms with van der Waals surface area (Å²) in [5.41, 5.74) is 2.79. The van der Waals surface area contributed by atoms with Crippen molar-refractivity contribution in [3.8, 4) is 0 Å². The van der Waals surface area contributed by atoms with Crippen molar-refractivity contribution in [2.75, 3.05) is 47.1 Å². The zero-order chi connectivity index (χ0) is 44.5. The van der Waals surface area contributed by atoms with Crippen LogP contribution in [-0.4, -0.2) is 64.2 Å². The molecule has 4 aliphatic carbocycles. The Labute approximate surface area is 387 Å². The van der Waals surface area contributed by atoms with E-state index in [0.29, 0.717) is 16.9 Å². The van der Waals surface area contributed by atoms with E-state index in [9.17, 15) is 0 Å². The Kier molecular flexibility index (Phi) is 26.3. The SMILES string of the molecule is CCCCCC=CC/C=C\CCCCCCCCOCC(CN(C)C)OCCCCCCCCOC1CC[C@]2(C)C(=CC[C@@H]3[C@H]4CC[C@@H]([C@@H](C)CCCC(C)C)[C@]4(C)CC[C@H]32)C1. The number of allylic oxidation sites excluding steroid dienone is 5. The summed E-state index contributed by atoms with van der Waals surface area (Å²) in [4.78, 5) is 2.23. The van der Waals surface area contributed by atoms with Crippen molar-refractivity contribution < 1.29 is 14.2 Å². The van der Waals surface area contributed by atoms with Crippen molar-refractivity contribution in [3.63, 3.8) is 0 Å². The number of hydrogen-bond donors (Lipinski definition) is 0. The minimum Gasteiger partial charge on any atom is -0.379 e. The number of fused-ring (bicyclic) bond motifs is 5. The van der Waals surface area contributed by atoms with Crippen LogP contribution in [0.25, 0.3) is 0 Å². The van der Waals surface area contributed by atoms with Crippen LogP contribution in [0.3, 0.4) is 0 Å². The molecule has 0 radical (unpaired) electrons. The standard InChI is InChI=1S/C58H105NO3/c1-9-10-11-12-13-14-15-16-17-18-19-20-21-22-25-28-42-60-47-52(46-59(7)8)62-44-30-27-24-23-26-29-43-61-51-38-40-57(5)50(45-51)34-35-53-55-37-36-54(49(4)33-31-32-48(2)3)58(55,6)41-39-56(53)57/h13-14,16-17,34,48-49,51-56H,9-12,15,18-33,35-47H2,1-8H3/b14-13?,17-16-/t49-,51?,52?,53+,54-,55+,56+,57+,58-/m0/s1. The topological polar surface area (TPSA) is 30.9 Å². The van der Waals surface area contributed by atoms with Gasteiger partial charge in [-0.25, -0.2) is 0 Å². The van der Waals surface area contributed by atoms with E-state index >= 15 is 0 Å². The van der Waals surface area contributed by atoms with Crippen LogP contribution in [0.5, 0.6) is 0 Å². The molecule has 0 aromatic heterocycles. The van der Waals surface area contributed by atoms with Crippen molar-refractivity contribution in [2.24, 2.45) is 46.3 Å². The fraction of sp³-hybridized carbons (Fsp3) is 0.897. The largest absolute Gasteiger partial charge is 0.379 e. The first kappa shape index (κ1) is 53.7. The molecule has 4 nitrogen and oxygen atoms in total. The molecule has 9 atom stereocenters. The van der Waals surface area contributed by atoms with Gasteiger partial charge in [-0.15, -0.1) is 0 Å². The van der Waals surface area contributed by atoms with E-state index in [0.717, 1.165) is 81.3 Å². The summed E-state index contributed by atoms with van der Waals surface area (Å²) < 4.78 is 19.0. The van der Waals surface area contributed by atoms with E-state index in [2.05, 4.69) is 90.9 Å². The summed E-state index contributed by atoms with van der Waals surface area (Å²) in [6.45, 7) is 19.4. The summed E-state index contributed by atoms with van der Waals surface area (Å²) in [5, 5.41) is 0. The fourth-order valence-electron chi connectivity index (χ4n) is 13.2. The highest BCUT2D eigenvalue weighted by Crippen LogP contribution is 2.67. The highest BCUT2D eigenvalue weighted by molar-refractivity contribution is 5.25. The summed E-state index contributed by atoms with van der Waals surface area (Å²) in [5.74, 6) is 5.49. The van der Waals surface area contributed by atoms with Gasteiger partial charge in [0.1, 0.15) is 0 Å². The molecule has 4 rings (SSSR count). The summed E-state index contributed by atoms with van der Waals surface area (Å²) in [7, 11) is 4.28. The van der Waals surface area contributed by atoms with Gasteiger partial charge in [-0.3, -0.25) is 0 Å². The van der Waals surface area contributed by atoms with Crippen LogP contribution >= 0.6 is 0 Å². The molecule has 0 aromatic carbocycles. The zero-order valence-electron chi connectivity index (χ0n) is 42.7. The minimum atomic E-state index is 0.173. The van der Waals surface area contributed by atoms with Gasteiger partial charge in [-0.1, -0.05) is 161 Å². The van der Waals surface area contributed by atoms with Crippen LogP contribution in [0.1, 0.15) is 228 Å². The number of hydrogen-bond acceptors (Lipinski definition) is 4. The quantitative estimate of drug-likeness (QED) is 0.0469. The van der Waals surface area contributed by atoms with Gasteiger partial charge in [0.2, 0.25) is 0 Å². The molecule has 3 fully saturated rings. The third-order valence-corrected chi connectivity index (χ3v) is 16.9. The lowest BCUT2D eigenvalue weighted by atomic mass is 9.47. The van der Waals surface area contributed by atoms with Crippen LogP contribution in [0, 0.1) is 46.3 Å². The molecular weight excluding hydrogens is 759 g/mol. The molecule has 0 N–H and O–H groups in total. The van der Waals surface area contributed by atoms with E-state index in [4.69, 9.17) is 14.2 Å². The molecule has 3 saturated carbocycles. The number of ether oxygens (including phenoxy) is 3. The molecule has 0 heterocycles. The van der Waals surface area contributed by atoms with Gasteiger partial charge in [-0.05, 0) is 163 Å². The predicted octanol–water partition coefficient (Wildman–Crippen LogP) is 16.5. The van der Waals surface area contributed by atoms with Crippen molar-refractivity contribution in [1.82, 2.24) is 4.90 Å². The average molecular weight is 864 g/mol. The van der Waals surface area contributed by atoms with Gasteiger partial charge in [0.25, 0.3) is 0 Å². The number of unbranched alkanes of at least 4 members (excludes halogenated alkanes) is 14. The lowest BCUT2D eigenvalue weighted by Gasteiger charge is -2.58. The van der Waals surface area contributed by atoms with Crippen LogP contribution in [0.2, 0.25) is 0 Å². The van der Waals surface area contributed by atoms with Crippen LogP contribution in [-0.2, 0) is 14.2 Å². The molecule has 0 aliphatic heterocycles. The smallest absolute Gasteiger partial charge is 0.0934 e. The van der Waals surface area contributed by atoms with E-state index < -0.39 is 0 Å². The molecule has 0 aromatic rings. The first-order valence-electron chi connectivity index (χ1n) is 27.5. The second-order valence-electron chi connectivity index (χ2n) is 22.6. The van der Waals surface area contributed by atoms with Crippen LogP contribution in [0.4, 0.5) is 0 Å². The van der Waals surface area contributed by atoms with Crippen molar-refractivity contribution >= 4 is 0 Å². The third kappa shape index (κ3) is 18.4. The maximum absolute atomic E-state index is 6.61. The maximum Gasteiger partial charge on any atom is 0.0934 e. The Hall–Kier alpha value is -0.940. The van der Waals surface area contributed by atoms with Crippen LogP contribution < -0.4 is 0 Å². The van der Waals surface area contributed by atoms with Gasteiger partial charge in [0.15, 0.2) is 0 Å². The van der Waals surface area contributed by atoms with E-state index in [1.54, 1.807) is 5.57 Å². The monoisotopic (exact) mass is 864 g/mol. The molecule has 4 heteroatoms. The highest BCUT2D eigenvalue weighted by atomic mass is 16.5. The molecule has 360 valence electrons. The number of nitrogens with zero attached hydrogens (tertiary/aromatic N) is 1. The van der Waals surface area contributed by atoms with E-state index in [-0.39, 0.29) is 6.10 Å². The molecule has 4 aliphatic rings. The fourth-order valence-corrected chi connectivity index (χ4v) is 13.2. The molecule has 0 amide bonds. The second-order valence-corrected chi connectivity index (χ2v) is 22.6. The summed E-state index contributed by atoms with van der Waals surface area (Å²) in [6, 6.07) is 0. The van der Waals surface area contributed by atoms with Gasteiger partial charge >= 0.3 is 0 Å². The molecule has 0 bridgehead atoms. The van der Waals surface area contributed by atoms with Crippen LogP contribution in [0.15, 0.2) is 36.0 Å². The van der Waals surface area contributed by atoms with Crippen molar-refractivity contribution in [3.05, 3.63) is 36.0 Å². The number of likely N-dealkylation sites (N-methyl/N-ethyl adjacent to an activating group) is 1. The third-order valence-electron chi connectivity index (χ3n) is 16.9. The highest BCUT2D eigenvalue weighted by Gasteiger charge is 2.59. The summed E-state index contributed by atoms with van der Waals surface area (Å²) >= 11 is 0. The maximum atomic E-state index is 6.61. The van der Waals surface area contributed by atoms with Gasteiger partial charge in [0.05, 0.1) is 18.8 Å². The van der Waals surface area contributed by atoms with Gasteiger partial charge in [-0.2, -0.15) is 0 Å². The lowest BCUT2D eigenvalue weighted by molar-refractivity contribution is -0.0641. The molecule has 62 heavy (non-hydrogen) atoms. The zero-order valence-corrected chi connectivity index (χ0v) is 42.7. The number of rotatable bonds is 35. The second kappa shape index (κ2) is 30.4. The van der Waals surface area contributed by atoms with Gasteiger partial charge in [0, 0.05) is 26.4 Å². The average Bonchev–Trinajstić information content (AvgIpc) is 3.60. The van der Waals surface area contributed by atoms with E-state index in [1.807, 2.05) is 0 Å². The van der Waals surface area contributed by atoms with Crippen molar-refractivity contribution in [2.45, 2.75) is 240 Å². The summed E-state index contributed by atoms with van der Waals surface area (Å²) in [6.07, 6.45) is 51.1. The molecule has 2 unspecified atom stereocenters. The predicted molar refractivity (Wildman–Crippen MR) is 269 cm³/mol. The van der Waals surface area contributed by atoms with Gasteiger partial charge < -0.3 is 19.1 Å². The van der Waals surface area contributed by atoms with Crippen molar-refractivity contribution in [1.29, 1.82) is 0 Å². The Balaban J connectivity index is 0.980. The Bertz CT molecular complexity index is 1240. The lowest BCUT2D eigenvalue weighted by Crippen LogP contribution is -2.51. The Morgan fingerprint density at radius 2 is 1.35 bits per heavy atom. The van der Waals surface area contributed by atoms with E-state index in [1.165, 1.54) is 173 Å². The molecule has 0 spiro atoms. The molecular formula is C58H105NO3. The first-order valence-corrected chi connectivity index (χ1v) is 27.5. The Morgan fingerprint density at radius 3 is 2.05 bits per heavy atom. The normalized spacial score (nSPS) is 28.5.